The Morgan fingerprint density at radius 2 is 1.82 bits per heavy atom. The van der Waals surface area contributed by atoms with E-state index < -0.39 is 16.2 Å². The Bertz CT molecular complexity index is 1560. The van der Waals surface area contributed by atoms with Gasteiger partial charge in [0.1, 0.15) is 27.2 Å². The molecule has 1 aliphatic rings. The van der Waals surface area contributed by atoms with Gasteiger partial charge < -0.3 is 14.2 Å². The first-order valence-electron chi connectivity index (χ1n) is 12.1. The zero-order valence-electron chi connectivity index (χ0n) is 21.1. The molecular weight excluding hydrogens is 537 g/mol. The van der Waals surface area contributed by atoms with E-state index in [1.807, 2.05) is 19.1 Å². The Hall–Kier alpha value is -3.94. The monoisotopic (exact) mass is 562 g/mol. The number of nitrogens with zero attached hydrogens (tertiary/aromatic N) is 6. The first-order chi connectivity index (χ1) is 18.4. The summed E-state index contributed by atoms with van der Waals surface area (Å²) in [6.45, 7) is 3.48. The molecule has 0 N–H and O–H groups in total. The van der Waals surface area contributed by atoms with Crippen molar-refractivity contribution in [2.45, 2.75) is 37.9 Å². The predicted octanol–water partition coefficient (Wildman–Crippen LogP) is 4.26. The first kappa shape index (κ1) is 26.7. The maximum absolute atomic E-state index is 12.4. The van der Waals surface area contributed by atoms with Gasteiger partial charge in [0.05, 0.1) is 11.8 Å². The Morgan fingerprint density at radius 1 is 1.10 bits per heavy atom. The average Bonchev–Trinajstić information content (AvgIpc) is 3.51. The highest BCUT2D eigenvalue weighted by Crippen LogP contribution is 2.29. The molecule has 0 atom stereocenters. The van der Waals surface area contributed by atoms with Crippen LogP contribution in [-0.2, 0) is 16.4 Å². The molecule has 10 nitrogen and oxygen atoms in total. The molecule has 0 unspecified atom stereocenters. The summed E-state index contributed by atoms with van der Waals surface area (Å²) >= 11 is 0. The lowest BCUT2D eigenvalue weighted by molar-refractivity contribution is -0.274. The smallest absolute Gasteiger partial charge is 0.406 e. The minimum atomic E-state index is -4.77. The third kappa shape index (κ3) is 6.38. The highest BCUT2D eigenvalue weighted by Gasteiger charge is 2.31. The van der Waals surface area contributed by atoms with E-state index in [-0.39, 0.29) is 11.0 Å². The SMILES string of the molecule is Cc1nc(-c2cc(-c3ccc(OC(F)(F)F)cc3)on2)nn1Cc1ccnc(N2CCC(S(C)(=O)=O)CC2)c1. The fourth-order valence-electron chi connectivity index (χ4n) is 4.43. The zero-order chi connectivity index (χ0) is 27.8. The normalized spacial score (nSPS) is 15.1. The maximum Gasteiger partial charge on any atom is 0.573 e. The van der Waals surface area contributed by atoms with E-state index in [0.717, 1.165) is 11.4 Å². The van der Waals surface area contributed by atoms with Gasteiger partial charge in [0.15, 0.2) is 11.5 Å². The van der Waals surface area contributed by atoms with Crippen LogP contribution in [0.3, 0.4) is 0 Å². The van der Waals surface area contributed by atoms with Gasteiger partial charge in [-0.2, -0.15) is 0 Å². The summed E-state index contributed by atoms with van der Waals surface area (Å²) in [5.41, 5.74) is 1.85. The number of ether oxygens (including phenoxy) is 1. The van der Waals surface area contributed by atoms with Crippen LogP contribution in [-0.4, -0.2) is 64.3 Å². The molecule has 0 saturated carbocycles. The number of alkyl halides is 3. The topological polar surface area (TPSA) is 116 Å². The van der Waals surface area contributed by atoms with Crippen molar-refractivity contribution < 1.29 is 30.8 Å². The van der Waals surface area contributed by atoms with Crippen molar-refractivity contribution in [1.82, 2.24) is 24.9 Å². The summed E-state index contributed by atoms with van der Waals surface area (Å²) in [7, 11) is -3.05. The quantitative estimate of drug-likeness (QED) is 0.326. The molecule has 4 heterocycles. The standard InChI is InChI=1S/C25H25F3N6O4S/c1-16-30-24(21-14-22(38-32-21)18-3-5-19(6-4-18)37-25(26,27)28)31-34(16)15-17-7-10-29-23(13-17)33-11-8-20(9-12-33)39(2,35)36/h3-7,10,13-14,20H,8-9,11-12,15H2,1-2H3. The summed E-state index contributed by atoms with van der Waals surface area (Å²) in [5, 5.41) is 8.26. The van der Waals surface area contributed by atoms with Crippen LogP contribution in [0.25, 0.3) is 22.8 Å². The van der Waals surface area contributed by atoms with Gasteiger partial charge in [0.25, 0.3) is 0 Å². The van der Waals surface area contributed by atoms with E-state index in [1.165, 1.54) is 30.5 Å². The third-order valence-corrected chi connectivity index (χ3v) is 8.16. The molecule has 4 aromatic rings. The average molecular weight is 563 g/mol. The van der Waals surface area contributed by atoms with E-state index in [1.54, 1.807) is 16.9 Å². The number of aromatic nitrogens is 5. The van der Waals surface area contributed by atoms with Gasteiger partial charge in [0.2, 0.25) is 5.82 Å². The van der Waals surface area contributed by atoms with Crippen LogP contribution in [0.4, 0.5) is 19.0 Å². The van der Waals surface area contributed by atoms with E-state index in [4.69, 9.17) is 4.52 Å². The zero-order valence-corrected chi connectivity index (χ0v) is 21.9. The molecule has 1 aliphatic heterocycles. The van der Waals surface area contributed by atoms with E-state index in [0.29, 0.717) is 61.1 Å². The second kappa shape index (κ2) is 10.3. The lowest BCUT2D eigenvalue weighted by atomic mass is 10.1. The largest absolute Gasteiger partial charge is 0.573 e. The van der Waals surface area contributed by atoms with Crippen molar-refractivity contribution in [3.63, 3.8) is 0 Å². The summed E-state index contributed by atoms with van der Waals surface area (Å²) in [6.07, 6.45) is -0.619. The van der Waals surface area contributed by atoms with Crippen LogP contribution in [0.15, 0.2) is 53.2 Å². The third-order valence-electron chi connectivity index (χ3n) is 6.48. The highest BCUT2D eigenvalue weighted by atomic mass is 32.2. The molecule has 1 aromatic carbocycles. The molecule has 0 amide bonds. The van der Waals surface area contributed by atoms with E-state index in [9.17, 15) is 21.6 Å². The maximum atomic E-state index is 12.4. The molecule has 206 valence electrons. The predicted molar refractivity (Wildman–Crippen MR) is 136 cm³/mol. The number of hydrogen-bond donors (Lipinski definition) is 0. The van der Waals surface area contributed by atoms with Gasteiger partial charge in [-0.15, -0.1) is 18.3 Å². The van der Waals surface area contributed by atoms with Crippen LogP contribution < -0.4 is 9.64 Å². The van der Waals surface area contributed by atoms with Crippen molar-refractivity contribution in [3.05, 3.63) is 60.0 Å². The molecule has 1 fully saturated rings. The molecule has 0 spiro atoms. The molecule has 0 bridgehead atoms. The first-order valence-corrected chi connectivity index (χ1v) is 14.0. The van der Waals surface area contributed by atoms with Gasteiger partial charge in [0, 0.05) is 37.2 Å². The van der Waals surface area contributed by atoms with Crippen molar-refractivity contribution in [1.29, 1.82) is 0 Å². The minimum absolute atomic E-state index is 0.312. The van der Waals surface area contributed by atoms with Crippen molar-refractivity contribution in [3.8, 4) is 28.6 Å². The van der Waals surface area contributed by atoms with Crippen LogP contribution in [0.1, 0.15) is 24.2 Å². The summed E-state index contributed by atoms with van der Waals surface area (Å²) in [6, 6.07) is 10.7. The number of rotatable bonds is 7. The molecule has 14 heteroatoms. The molecule has 39 heavy (non-hydrogen) atoms. The van der Waals surface area contributed by atoms with E-state index in [2.05, 4.69) is 29.9 Å². The molecule has 0 radical (unpaired) electrons. The number of pyridine rings is 1. The number of halogens is 3. The second-order valence-electron chi connectivity index (χ2n) is 9.33. The van der Waals surface area contributed by atoms with Gasteiger partial charge in [-0.1, -0.05) is 5.16 Å². The molecule has 3 aromatic heterocycles. The Morgan fingerprint density at radius 3 is 2.49 bits per heavy atom. The number of anilines is 1. The van der Waals surface area contributed by atoms with E-state index >= 15 is 0 Å². The van der Waals surface area contributed by atoms with Gasteiger partial charge >= 0.3 is 6.36 Å². The summed E-state index contributed by atoms with van der Waals surface area (Å²) < 4.78 is 71.9. The number of sulfone groups is 1. The lowest BCUT2D eigenvalue weighted by Gasteiger charge is -2.32. The van der Waals surface area contributed by atoms with Gasteiger partial charge in [-0.3, -0.25) is 0 Å². The summed E-state index contributed by atoms with van der Waals surface area (Å²) in [4.78, 5) is 11.0. The van der Waals surface area contributed by atoms with Gasteiger partial charge in [-0.25, -0.2) is 23.1 Å². The fourth-order valence-corrected chi connectivity index (χ4v) is 5.50. The fraction of sp³-hybridized carbons (Fsp3) is 0.360. The molecule has 1 saturated heterocycles. The van der Waals surface area contributed by atoms with Crippen LogP contribution in [0.2, 0.25) is 0 Å². The van der Waals surface area contributed by atoms with Crippen LogP contribution in [0, 0.1) is 6.92 Å². The van der Waals surface area contributed by atoms with Gasteiger partial charge in [-0.05, 0) is 61.7 Å². The van der Waals surface area contributed by atoms with Crippen molar-refractivity contribution >= 4 is 15.7 Å². The number of aryl methyl sites for hydroxylation is 1. The lowest BCUT2D eigenvalue weighted by Crippen LogP contribution is -2.39. The van der Waals surface area contributed by atoms with Crippen LogP contribution >= 0.6 is 0 Å². The number of benzene rings is 1. The Labute approximate surface area is 222 Å². The summed E-state index contributed by atoms with van der Waals surface area (Å²) in [5.74, 6) is 1.79. The molecule has 5 rings (SSSR count). The second-order valence-corrected chi connectivity index (χ2v) is 11.7. The number of piperidine rings is 1. The number of hydrogen-bond acceptors (Lipinski definition) is 9. The molecule has 0 aliphatic carbocycles. The van der Waals surface area contributed by atoms with Crippen molar-refractivity contribution in [2.75, 3.05) is 24.2 Å². The Kier molecular flexibility index (Phi) is 7.05. The Balaban J connectivity index is 1.27. The van der Waals surface area contributed by atoms with Crippen molar-refractivity contribution in [2.24, 2.45) is 0 Å². The highest BCUT2D eigenvalue weighted by molar-refractivity contribution is 7.91. The minimum Gasteiger partial charge on any atom is -0.406 e. The molecular formula is C25H25F3N6O4S. The van der Waals surface area contributed by atoms with Crippen LogP contribution in [0.5, 0.6) is 5.75 Å².